The Morgan fingerprint density at radius 1 is 1.04 bits per heavy atom. The summed E-state index contributed by atoms with van der Waals surface area (Å²) in [5, 5.41) is 8.83. The van der Waals surface area contributed by atoms with Crippen LogP contribution in [-0.2, 0) is 9.59 Å². The summed E-state index contributed by atoms with van der Waals surface area (Å²) in [6.07, 6.45) is 8.65. The van der Waals surface area contributed by atoms with E-state index in [1.54, 1.807) is 0 Å². The maximum Gasteiger partial charge on any atom is 0.243 e. The van der Waals surface area contributed by atoms with Crippen LogP contribution in [0.5, 0.6) is 0 Å². The monoisotopic (exact) mass is 409 g/mol. The predicted octanol–water partition coefficient (Wildman–Crippen LogP) is 3.51. The van der Waals surface area contributed by atoms with Crippen molar-refractivity contribution in [1.29, 1.82) is 0 Å². The fourth-order valence-electron chi connectivity index (χ4n) is 3.10. The lowest BCUT2D eigenvalue weighted by Crippen LogP contribution is -2.42. The van der Waals surface area contributed by atoms with Crippen molar-refractivity contribution in [1.82, 2.24) is 10.6 Å². The van der Waals surface area contributed by atoms with Crippen LogP contribution in [0.1, 0.15) is 50.5 Å². The van der Waals surface area contributed by atoms with E-state index in [1.807, 2.05) is 25.1 Å². The van der Waals surface area contributed by atoms with Gasteiger partial charge in [0.25, 0.3) is 0 Å². The van der Waals surface area contributed by atoms with E-state index in [0.29, 0.717) is 6.04 Å². The van der Waals surface area contributed by atoms with Gasteiger partial charge in [-0.15, -0.1) is 0 Å². The molecule has 0 heterocycles. The molecule has 2 amide bonds. The van der Waals surface area contributed by atoms with Crippen molar-refractivity contribution < 1.29 is 9.59 Å². The molecule has 1 aromatic carbocycles. The Balaban J connectivity index is 1.67. The zero-order valence-corrected chi connectivity index (χ0v) is 16.5. The smallest absolute Gasteiger partial charge is 0.243 e. The van der Waals surface area contributed by atoms with Gasteiger partial charge in [0.2, 0.25) is 11.8 Å². The lowest BCUT2D eigenvalue weighted by molar-refractivity contribution is -0.123. The van der Waals surface area contributed by atoms with Crippen molar-refractivity contribution in [3.63, 3.8) is 0 Å². The first-order valence-electron chi connectivity index (χ1n) is 9.10. The predicted molar refractivity (Wildman–Crippen MR) is 105 cm³/mol. The van der Waals surface area contributed by atoms with Gasteiger partial charge in [-0.3, -0.25) is 9.59 Å². The fraction of sp³-hybridized carbons (Fsp3) is 0.579. The average molecular weight is 410 g/mol. The van der Waals surface area contributed by atoms with Crippen LogP contribution in [0.15, 0.2) is 22.7 Å². The van der Waals surface area contributed by atoms with Gasteiger partial charge >= 0.3 is 0 Å². The zero-order chi connectivity index (χ0) is 18.1. The van der Waals surface area contributed by atoms with Crippen molar-refractivity contribution in [3.8, 4) is 0 Å². The van der Waals surface area contributed by atoms with Crippen LogP contribution < -0.4 is 16.0 Å². The molecule has 0 spiro atoms. The molecule has 138 valence electrons. The SMILES string of the molecule is Cc1cc(Br)ccc1NC(=O)CNC(=O)CNC1CCCCCCC1. The number of benzene rings is 1. The van der Waals surface area contributed by atoms with Crippen molar-refractivity contribution in [2.24, 2.45) is 0 Å². The molecule has 1 fully saturated rings. The van der Waals surface area contributed by atoms with Gasteiger partial charge in [-0.25, -0.2) is 0 Å². The summed E-state index contributed by atoms with van der Waals surface area (Å²) in [7, 11) is 0. The lowest BCUT2D eigenvalue weighted by atomic mass is 9.97. The minimum atomic E-state index is -0.218. The second-order valence-electron chi connectivity index (χ2n) is 6.71. The second-order valence-corrected chi connectivity index (χ2v) is 7.62. The van der Waals surface area contributed by atoms with Crippen LogP contribution in [0.3, 0.4) is 0 Å². The molecule has 0 unspecified atom stereocenters. The van der Waals surface area contributed by atoms with Gasteiger partial charge in [-0.2, -0.15) is 0 Å². The number of rotatable bonds is 6. The molecule has 3 N–H and O–H groups in total. The highest BCUT2D eigenvalue weighted by molar-refractivity contribution is 9.10. The number of carbonyl (C=O) groups is 2. The quantitative estimate of drug-likeness (QED) is 0.672. The average Bonchev–Trinajstić information content (AvgIpc) is 2.54. The summed E-state index contributed by atoms with van der Waals surface area (Å²) in [6, 6.07) is 6.08. The van der Waals surface area contributed by atoms with Gasteiger partial charge in [0.05, 0.1) is 13.1 Å². The van der Waals surface area contributed by atoms with Crippen molar-refractivity contribution >= 4 is 33.4 Å². The lowest BCUT2D eigenvalue weighted by Gasteiger charge is -2.20. The molecule has 0 saturated heterocycles. The Hall–Kier alpha value is -1.40. The molecule has 1 aliphatic carbocycles. The van der Waals surface area contributed by atoms with Crippen molar-refractivity contribution in [3.05, 3.63) is 28.2 Å². The highest BCUT2D eigenvalue weighted by Crippen LogP contribution is 2.20. The third-order valence-electron chi connectivity index (χ3n) is 4.57. The number of anilines is 1. The highest BCUT2D eigenvalue weighted by Gasteiger charge is 2.13. The van der Waals surface area contributed by atoms with E-state index < -0.39 is 0 Å². The number of carbonyl (C=O) groups excluding carboxylic acids is 2. The number of hydrogen-bond donors (Lipinski definition) is 3. The molecule has 1 aliphatic rings. The Bertz CT molecular complexity index is 584. The molecular weight excluding hydrogens is 382 g/mol. The maximum absolute atomic E-state index is 12.0. The second kappa shape index (κ2) is 10.6. The standard InChI is InChI=1S/C19H28BrN3O2/c1-14-11-15(20)9-10-17(14)23-19(25)13-22-18(24)12-21-16-7-5-3-2-4-6-8-16/h9-11,16,21H,2-8,12-13H2,1H3,(H,22,24)(H,23,25). The molecule has 1 saturated carbocycles. The van der Waals surface area contributed by atoms with Gasteiger partial charge in [-0.1, -0.05) is 48.0 Å². The van der Waals surface area contributed by atoms with E-state index in [4.69, 9.17) is 0 Å². The number of halogens is 1. The molecule has 6 heteroatoms. The molecular formula is C19H28BrN3O2. The minimum Gasteiger partial charge on any atom is -0.346 e. The van der Waals surface area contributed by atoms with E-state index in [1.165, 1.54) is 32.1 Å². The zero-order valence-electron chi connectivity index (χ0n) is 14.9. The van der Waals surface area contributed by atoms with Gasteiger partial charge < -0.3 is 16.0 Å². The van der Waals surface area contributed by atoms with Crippen LogP contribution in [-0.4, -0.2) is 30.9 Å². The summed E-state index contributed by atoms with van der Waals surface area (Å²) < 4.78 is 0.969. The van der Waals surface area contributed by atoms with Crippen LogP contribution in [0.25, 0.3) is 0 Å². The molecule has 1 aromatic rings. The van der Waals surface area contributed by atoms with E-state index in [-0.39, 0.29) is 24.9 Å². The third-order valence-corrected chi connectivity index (χ3v) is 5.06. The molecule has 0 aliphatic heterocycles. The molecule has 0 radical (unpaired) electrons. The number of nitrogens with one attached hydrogen (secondary N) is 3. The van der Waals surface area contributed by atoms with Gasteiger partial charge in [0.15, 0.2) is 0 Å². The largest absolute Gasteiger partial charge is 0.346 e. The summed E-state index contributed by atoms with van der Waals surface area (Å²) in [6.45, 7) is 2.19. The first kappa shape index (κ1) is 19.9. The van der Waals surface area contributed by atoms with E-state index in [9.17, 15) is 9.59 Å². The number of aryl methyl sites for hydroxylation is 1. The Labute approximate surface area is 158 Å². The molecule has 2 rings (SSSR count). The number of hydrogen-bond acceptors (Lipinski definition) is 3. The minimum absolute atomic E-state index is 0.0132. The molecule has 0 atom stereocenters. The highest BCUT2D eigenvalue weighted by atomic mass is 79.9. The van der Waals surface area contributed by atoms with Crippen LogP contribution in [0, 0.1) is 6.92 Å². The van der Waals surface area contributed by atoms with E-state index in [0.717, 1.165) is 28.6 Å². The molecule has 0 bridgehead atoms. The maximum atomic E-state index is 12.0. The van der Waals surface area contributed by atoms with Crippen LogP contribution >= 0.6 is 15.9 Å². The van der Waals surface area contributed by atoms with E-state index >= 15 is 0 Å². The summed E-state index contributed by atoms with van der Waals surface area (Å²) in [4.78, 5) is 23.9. The molecule has 0 aromatic heterocycles. The fourth-order valence-corrected chi connectivity index (χ4v) is 3.58. The summed E-state index contributed by atoms with van der Waals surface area (Å²) >= 11 is 3.39. The summed E-state index contributed by atoms with van der Waals surface area (Å²) in [5.74, 6) is -0.352. The van der Waals surface area contributed by atoms with Crippen molar-refractivity contribution in [2.45, 2.75) is 57.9 Å². The van der Waals surface area contributed by atoms with Gasteiger partial charge in [0, 0.05) is 16.2 Å². The third kappa shape index (κ3) is 7.57. The van der Waals surface area contributed by atoms with E-state index in [2.05, 4.69) is 31.9 Å². The molecule has 5 nitrogen and oxygen atoms in total. The topological polar surface area (TPSA) is 70.2 Å². The molecule has 25 heavy (non-hydrogen) atoms. The van der Waals surface area contributed by atoms with Gasteiger partial charge in [-0.05, 0) is 43.5 Å². The Morgan fingerprint density at radius 3 is 2.40 bits per heavy atom. The normalized spacial score (nSPS) is 15.9. The Morgan fingerprint density at radius 2 is 1.72 bits per heavy atom. The van der Waals surface area contributed by atoms with Crippen molar-refractivity contribution in [2.75, 3.05) is 18.4 Å². The number of amides is 2. The first-order chi connectivity index (χ1) is 12.0. The first-order valence-corrected chi connectivity index (χ1v) is 9.90. The Kier molecular flexibility index (Phi) is 8.41. The summed E-state index contributed by atoms with van der Waals surface area (Å²) in [5.41, 5.74) is 1.73. The van der Waals surface area contributed by atoms with Crippen LogP contribution in [0.4, 0.5) is 5.69 Å². The van der Waals surface area contributed by atoms with Gasteiger partial charge in [0.1, 0.15) is 0 Å². The van der Waals surface area contributed by atoms with Crippen LogP contribution in [0.2, 0.25) is 0 Å².